The van der Waals surface area contributed by atoms with Crippen LogP contribution in [0.15, 0.2) is 87.8 Å². The molecule has 4 aromatic rings. The number of halogens is 1. The fourth-order valence-electron chi connectivity index (χ4n) is 2.69. The molecule has 4 heteroatoms. The predicted molar refractivity (Wildman–Crippen MR) is 102 cm³/mol. The summed E-state index contributed by atoms with van der Waals surface area (Å²) in [4.78, 5) is 0. The number of nitrogens with zero attached hydrogens (tertiary/aromatic N) is 2. The lowest BCUT2D eigenvalue weighted by molar-refractivity contribution is 0.518. The van der Waals surface area contributed by atoms with Gasteiger partial charge in [0.1, 0.15) is 0 Å². The van der Waals surface area contributed by atoms with E-state index in [1.165, 1.54) is 11.1 Å². The van der Waals surface area contributed by atoms with Crippen molar-refractivity contribution in [3.8, 4) is 22.6 Å². The first kappa shape index (κ1) is 15.8. The summed E-state index contributed by atoms with van der Waals surface area (Å²) in [5.41, 5.74) is 4.45. The molecular weight excluding hydrogens is 376 g/mol. The van der Waals surface area contributed by atoms with E-state index in [0.717, 1.165) is 15.6 Å². The van der Waals surface area contributed by atoms with E-state index >= 15 is 0 Å². The van der Waals surface area contributed by atoms with Crippen LogP contribution >= 0.6 is 15.9 Å². The molecule has 0 N–H and O–H groups in total. The molecule has 122 valence electrons. The minimum atomic E-state index is 0.531. The van der Waals surface area contributed by atoms with E-state index < -0.39 is 0 Å². The summed E-state index contributed by atoms with van der Waals surface area (Å²) in [5, 5.41) is 8.33. The predicted octanol–water partition coefficient (Wildman–Crippen LogP) is 5.76. The standard InChI is InChI=1S/C21H15BrN2O/c22-19-9-5-4-8-18(19)21-24-23-20(25-21)14-15-10-12-17(13-11-15)16-6-2-1-3-7-16/h1-13H,14H2. The third-order valence-corrected chi connectivity index (χ3v) is 4.68. The first-order valence-electron chi connectivity index (χ1n) is 8.01. The average Bonchev–Trinajstić information content (AvgIpc) is 3.12. The van der Waals surface area contributed by atoms with Gasteiger partial charge in [-0.1, -0.05) is 66.7 Å². The van der Waals surface area contributed by atoms with E-state index in [2.05, 4.69) is 62.5 Å². The Hall–Kier alpha value is -2.72. The van der Waals surface area contributed by atoms with E-state index in [-0.39, 0.29) is 0 Å². The summed E-state index contributed by atoms with van der Waals surface area (Å²) >= 11 is 3.51. The maximum atomic E-state index is 5.82. The van der Waals surface area contributed by atoms with E-state index in [0.29, 0.717) is 18.2 Å². The molecule has 25 heavy (non-hydrogen) atoms. The van der Waals surface area contributed by atoms with Crippen LogP contribution in [0.5, 0.6) is 0 Å². The van der Waals surface area contributed by atoms with Gasteiger partial charge in [0.05, 0.1) is 12.0 Å². The summed E-state index contributed by atoms with van der Waals surface area (Å²) in [6, 6.07) is 26.6. The lowest BCUT2D eigenvalue weighted by Gasteiger charge is -2.03. The summed E-state index contributed by atoms with van der Waals surface area (Å²) in [6.45, 7) is 0. The van der Waals surface area contributed by atoms with E-state index in [9.17, 15) is 0 Å². The number of benzene rings is 3. The molecule has 0 unspecified atom stereocenters. The van der Waals surface area contributed by atoms with Crippen molar-refractivity contribution in [1.29, 1.82) is 0 Å². The van der Waals surface area contributed by atoms with Crippen LogP contribution in [0, 0.1) is 0 Å². The highest BCUT2D eigenvalue weighted by Crippen LogP contribution is 2.27. The van der Waals surface area contributed by atoms with Gasteiger partial charge in [0.25, 0.3) is 0 Å². The Morgan fingerprint density at radius 3 is 2.16 bits per heavy atom. The fourth-order valence-corrected chi connectivity index (χ4v) is 3.14. The van der Waals surface area contributed by atoms with Crippen molar-refractivity contribution in [2.24, 2.45) is 0 Å². The highest BCUT2D eigenvalue weighted by Gasteiger charge is 2.11. The van der Waals surface area contributed by atoms with Crippen LogP contribution in [0.3, 0.4) is 0 Å². The molecule has 0 saturated heterocycles. The molecule has 3 aromatic carbocycles. The van der Waals surface area contributed by atoms with Gasteiger partial charge in [0.2, 0.25) is 11.8 Å². The quantitative estimate of drug-likeness (QED) is 0.444. The molecule has 0 saturated carbocycles. The normalized spacial score (nSPS) is 10.8. The molecule has 0 atom stereocenters. The lowest BCUT2D eigenvalue weighted by atomic mass is 10.0. The Morgan fingerprint density at radius 2 is 1.40 bits per heavy atom. The van der Waals surface area contributed by atoms with Crippen molar-refractivity contribution >= 4 is 15.9 Å². The Bertz CT molecular complexity index is 978. The van der Waals surface area contributed by atoms with Gasteiger partial charge in [-0.25, -0.2) is 0 Å². The Balaban J connectivity index is 1.52. The molecule has 4 rings (SSSR count). The molecule has 0 radical (unpaired) electrons. The van der Waals surface area contributed by atoms with Crippen LogP contribution in [0.4, 0.5) is 0 Å². The van der Waals surface area contributed by atoms with Gasteiger partial charge < -0.3 is 4.42 Å². The maximum Gasteiger partial charge on any atom is 0.248 e. The zero-order valence-electron chi connectivity index (χ0n) is 13.4. The van der Waals surface area contributed by atoms with Gasteiger partial charge in [0.15, 0.2) is 0 Å². The molecule has 1 aromatic heterocycles. The first-order chi connectivity index (χ1) is 12.3. The van der Waals surface area contributed by atoms with Gasteiger partial charge in [-0.05, 0) is 44.8 Å². The fraction of sp³-hybridized carbons (Fsp3) is 0.0476. The van der Waals surface area contributed by atoms with Crippen LogP contribution in [-0.4, -0.2) is 10.2 Å². The molecule has 0 spiro atoms. The van der Waals surface area contributed by atoms with Gasteiger partial charge in [-0.2, -0.15) is 0 Å². The summed E-state index contributed by atoms with van der Waals surface area (Å²) in [7, 11) is 0. The molecule has 0 fully saturated rings. The van der Waals surface area contributed by atoms with E-state index in [4.69, 9.17) is 4.42 Å². The zero-order chi connectivity index (χ0) is 17.1. The number of aromatic nitrogens is 2. The molecular formula is C21H15BrN2O. The van der Waals surface area contributed by atoms with Crippen LogP contribution in [0.2, 0.25) is 0 Å². The average molecular weight is 391 g/mol. The maximum absolute atomic E-state index is 5.82. The molecule has 0 bridgehead atoms. The van der Waals surface area contributed by atoms with Crippen LogP contribution in [0.1, 0.15) is 11.5 Å². The molecule has 1 heterocycles. The topological polar surface area (TPSA) is 38.9 Å². The monoisotopic (exact) mass is 390 g/mol. The van der Waals surface area contributed by atoms with Crippen molar-refractivity contribution < 1.29 is 4.42 Å². The number of rotatable bonds is 4. The van der Waals surface area contributed by atoms with Gasteiger partial charge in [0, 0.05) is 4.47 Å². The third kappa shape index (κ3) is 3.54. The summed E-state index contributed by atoms with van der Waals surface area (Å²) < 4.78 is 6.76. The van der Waals surface area contributed by atoms with Crippen molar-refractivity contribution in [3.05, 3.63) is 94.8 Å². The summed E-state index contributed by atoms with van der Waals surface area (Å²) in [6.07, 6.45) is 0.618. The second kappa shape index (κ2) is 7.03. The Kier molecular flexibility index (Phi) is 4.44. The van der Waals surface area contributed by atoms with E-state index in [1.807, 2.05) is 42.5 Å². The molecule has 3 nitrogen and oxygen atoms in total. The van der Waals surface area contributed by atoms with Crippen LogP contribution < -0.4 is 0 Å². The van der Waals surface area contributed by atoms with Crippen molar-refractivity contribution in [2.75, 3.05) is 0 Å². The minimum Gasteiger partial charge on any atom is -0.420 e. The lowest BCUT2D eigenvalue weighted by Crippen LogP contribution is -1.88. The minimum absolute atomic E-state index is 0.531. The highest BCUT2D eigenvalue weighted by atomic mass is 79.9. The molecule has 0 aliphatic rings. The zero-order valence-corrected chi connectivity index (χ0v) is 15.0. The highest BCUT2D eigenvalue weighted by molar-refractivity contribution is 9.10. The Labute approximate surface area is 154 Å². The Morgan fingerprint density at radius 1 is 0.720 bits per heavy atom. The van der Waals surface area contributed by atoms with Crippen molar-refractivity contribution in [3.63, 3.8) is 0 Å². The molecule has 0 amide bonds. The van der Waals surface area contributed by atoms with Crippen LogP contribution in [-0.2, 0) is 6.42 Å². The third-order valence-electron chi connectivity index (χ3n) is 3.99. The SMILES string of the molecule is Brc1ccccc1-c1nnc(Cc2ccc(-c3ccccc3)cc2)o1. The second-order valence-corrected chi connectivity index (χ2v) is 6.57. The van der Waals surface area contributed by atoms with Crippen LogP contribution in [0.25, 0.3) is 22.6 Å². The molecule has 0 aliphatic carbocycles. The van der Waals surface area contributed by atoms with E-state index in [1.54, 1.807) is 0 Å². The smallest absolute Gasteiger partial charge is 0.248 e. The molecule has 0 aliphatic heterocycles. The first-order valence-corrected chi connectivity index (χ1v) is 8.80. The van der Waals surface area contributed by atoms with Gasteiger partial charge in [-0.15, -0.1) is 10.2 Å². The van der Waals surface area contributed by atoms with Crippen molar-refractivity contribution in [1.82, 2.24) is 10.2 Å². The second-order valence-electron chi connectivity index (χ2n) is 5.72. The number of hydrogen-bond acceptors (Lipinski definition) is 3. The van der Waals surface area contributed by atoms with Gasteiger partial charge >= 0.3 is 0 Å². The number of hydrogen-bond donors (Lipinski definition) is 0. The summed E-state index contributed by atoms with van der Waals surface area (Å²) in [5.74, 6) is 1.14. The largest absolute Gasteiger partial charge is 0.420 e. The van der Waals surface area contributed by atoms with Gasteiger partial charge in [-0.3, -0.25) is 0 Å². The van der Waals surface area contributed by atoms with Crippen molar-refractivity contribution in [2.45, 2.75) is 6.42 Å².